The van der Waals surface area contributed by atoms with Crippen LogP contribution in [0.3, 0.4) is 0 Å². The van der Waals surface area contributed by atoms with Crippen molar-refractivity contribution >= 4 is 5.91 Å². The van der Waals surface area contributed by atoms with Gasteiger partial charge in [-0.3, -0.25) is 4.79 Å². The van der Waals surface area contributed by atoms with Gasteiger partial charge in [-0.1, -0.05) is 42.5 Å². The van der Waals surface area contributed by atoms with Crippen LogP contribution in [0, 0.1) is 0 Å². The molecule has 0 radical (unpaired) electrons. The van der Waals surface area contributed by atoms with Gasteiger partial charge in [-0.05, 0) is 30.2 Å². The predicted octanol–water partition coefficient (Wildman–Crippen LogP) is 3.15. The van der Waals surface area contributed by atoms with E-state index in [0.29, 0.717) is 6.42 Å². The number of aromatic hydroxyl groups is 1. The summed E-state index contributed by atoms with van der Waals surface area (Å²) in [5, 5.41) is 9.30. The molecule has 1 unspecified atom stereocenters. The third kappa shape index (κ3) is 3.38. The molecule has 2 rings (SSSR count). The van der Waals surface area contributed by atoms with Gasteiger partial charge in [-0.25, -0.2) is 0 Å². The SMILES string of the molecule is CC(c1ccc(O)cc1)N(C)C(=O)Cc1ccccc1. The molecule has 1 amide bonds. The molecule has 3 nitrogen and oxygen atoms in total. The number of phenols is 1. The second-order valence-corrected chi connectivity index (χ2v) is 4.93. The molecule has 0 spiro atoms. The smallest absolute Gasteiger partial charge is 0.227 e. The van der Waals surface area contributed by atoms with Gasteiger partial charge in [0.15, 0.2) is 0 Å². The summed E-state index contributed by atoms with van der Waals surface area (Å²) in [5.74, 6) is 0.316. The molecule has 0 saturated heterocycles. The van der Waals surface area contributed by atoms with Crippen molar-refractivity contribution in [2.24, 2.45) is 0 Å². The van der Waals surface area contributed by atoms with E-state index < -0.39 is 0 Å². The van der Waals surface area contributed by atoms with Gasteiger partial charge in [0, 0.05) is 7.05 Å². The van der Waals surface area contributed by atoms with E-state index in [4.69, 9.17) is 0 Å². The Morgan fingerprint density at radius 2 is 1.70 bits per heavy atom. The van der Waals surface area contributed by atoms with Crippen LogP contribution in [0.5, 0.6) is 5.75 Å². The van der Waals surface area contributed by atoms with E-state index in [-0.39, 0.29) is 17.7 Å². The summed E-state index contributed by atoms with van der Waals surface area (Å²) in [6, 6.07) is 16.7. The Labute approximate surface area is 119 Å². The lowest BCUT2D eigenvalue weighted by molar-refractivity contribution is -0.131. The largest absolute Gasteiger partial charge is 0.508 e. The molecule has 0 aliphatic carbocycles. The Balaban J connectivity index is 2.04. The molecular formula is C17H19NO2. The topological polar surface area (TPSA) is 40.5 Å². The first-order valence-corrected chi connectivity index (χ1v) is 6.66. The van der Waals surface area contributed by atoms with Crippen LogP contribution in [-0.2, 0) is 11.2 Å². The molecule has 2 aromatic carbocycles. The number of benzene rings is 2. The lowest BCUT2D eigenvalue weighted by Crippen LogP contribution is -2.30. The van der Waals surface area contributed by atoms with Crippen LogP contribution in [0.15, 0.2) is 54.6 Å². The normalized spacial score (nSPS) is 11.9. The van der Waals surface area contributed by atoms with Crippen LogP contribution in [-0.4, -0.2) is 23.0 Å². The Morgan fingerprint density at radius 1 is 1.10 bits per heavy atom. The maximum Gasteiger partial charge on any atom is 0.227 e. The maximum absolute atomic E-state index is 12.3. The van der Waals surface area contributed by atoms with Crippen molar-refractivity contribution < 1.29 is 9.90 Å². The number of carbonyl (C=O) groups is 1. The van der Waals surface area contributed by atoms with Crippen LogP contribution in [0.25, 0.3) is 0 Å². The minimum Gasteiger partial charge on any atom is -0.508 e. The fourth-order valence-corrected chi connectivity index (χ4v) is 2.09. The lowest BCUT2D eigenvalue weighted by Gasteiger charge is -2.25. The van der Waals surface area contributed by atoms with E-state index in [1.165, 1.54) is 0 Å². The second-order valence-electron chi connectivity index (χ2n) is 4.93. The standard InChI is InChI=1S/C17H19NO2/c1-13(15-8-10-16(19)11-9-15)18(2)17(20)12-14-6-4-3-5-7-14/h3-11,13,19H,12H2,1-2H3. The molecule has 3 heteroatoms. The average molecular weight is 269 g/mol. The summed E-state index contributed by atoms with van der Waals surface area (Å²) in [6.45, 7) is 1.98. The minimum absolute atomic E-state index is 0.0215. The summed E-state index contributed by atoms with van der Waals surface area (Å²) in [6.07, 6.45) is 0.403. The number of likely N-dealkylation sites (N-methyl/N-ethyl adjacent to an activating group) is 1. The highest BCUT2D eigenvalue weighted by atomic mass is 16.3. The summed E-state index contributed by atoms with van der Waals surface area (Å²) in [7, 11) is 1.81. The van der Waals surface area contributed by atoms with Gasteiger partial charge >= 0.3 is 0 Å². The highest BCUT2D eigenvalue weighted by Crippen LogP contribution is 2.21. The van der Waals surface area contributed by atoms with Gasteiger partial charge in [-0.2, -0.15) is 0 Å². The van der Waals surface area contributed by atoms with Gasteiger partial charge in [0.25, 0.3) is 0 Å². The van der Waals surface area contributed by atoms with E-state index in [9.17, 15) is 9.90 Å². The molecule has 0 heterocycles. The number of hydrogen-bond acceptors (Lipinski definition) is 2. The van der Waals surface area contributed by atoms with Crippen LogP contribution >= 0.6 is 0 Å². The van der Waals surface area contributed by atoms with E-state index in [1.54, 1.807) is 17.0 Å². The van der Waals surface area contributed by atoms with Crippen LogP contribution in [0.1, 0.15) is 24.1 Å². The Hall–Kier alpha value is -2.29. The number of rotatable bonds is 4. The maximum atomic E-state index is 12.3. The zero-order valence-electron chi connectivity index (χ0n) is 11.8. The van der Waals surface area contributed by atoms with Gasteiger partial charge in [0.2, 0.25) is 5.91 Å². The summed E-state index contributed by atoms with van der Waals surface area (Å²) >= 11 is 0. The molecule has 104 valence electrons. The van der Waals surface area contributed by atoms with E-state index in [2.05, 4.69) is 0 Å². The van der Waals surface area contributed by atoms with Crippen molar-refractivity contribution in [1.82, 2.24) is 4.90 Å². The molecule has 1 N–H and O–H groups in total. The molecule has 0 bridgehead atoms. The molecular weight excluding hydrogens is 250 g/mol. The van der Waals surface area contributed by atoms with Gasteiger partial charge in [0.1, 0.15) is 5.75 Å². The van der Waals surface area contributed by atoms with Gasteiger partial charge < -0.3 is 10.0 Å². The van der Waals surface area contributed by atoms with Crippen molar-refractivity contribution in [2.75, 3.05) is 7.05 Å². The highest BCUT2D eigenvalue weighted by Gasteiger charge is 2.17. The van der Waals surface area contributed by atoms with Crippen molar-refractivity contribution in [2.45, 2.75) is 19.4 Å². The monoisotopic (exact) mass is 269 g/mol. The summed E-state index contributed by atoms with van der Waals surface area (Å²) in [4.78, 5) is 14.0. The molecule has 2 aromatic rings. The summed E-state index contributed by atoms with van der Waals surface area (Å²) in [5.41, 5.74) is 2.02. The van der Waals surface area contributed by atoms with Crippen molar-refractivity contribution in [3.8, 4) is 5.75 Å². The van der Waals surface area contributed by atoms with E-state index in [1.807, 2.05) is 56.4 Å². The quantitative estimate of drug-likeness (QED) is 0.926. The average Bonchev–Trinajstić information content (AvgIpc) is 2.47. The van der Waals surface area contributed by atoms with Gasteiger partial charge in [-0.15, -0.1) is 0 Å². The second kappa shape index (κ2) is 6.24. The predicted molar refractivity (Wildman–Crippen MR) is 79.4 cm³/mol. The van der Waals surface area contributed by atoms with Crippen molar-refractivity contribution in [3.05, 3.63) is 65.7 Å². The Morgan fingerprint density at radius 3 is 2.30 bits per heavy atom. The fourth-order valence-electron chi connectivity index (χ4n) is 2.09. The molecule has 0 aliphatic heterocycles. The lowest BCUT2D eigenvalue weighted by atomic mass is 10.1. The number of carbonyl (C=O) groups excluding carboxylic acids is 1. The first-order chi connectivity index (χ1) is 9.58. The van der Waals surface area contributed by atoms with Gasteiger partial charge in [0.05, 0.1) is 12.5 Å². The molecule has 0 aliphatic rings. The molecule has 20 heavy (non-hydrogen) atoms. The van der Waals surface area contributed by atoms with E-state index in [0.717, 1.165) is 11.1 Å². The Bertz CT molecular complexity index is 563. The van der Waals surface area contributed by atoms with Crippen LogP contribution in [0.2, 0.25) is 0 Å². The van der Waals surface area contributed by atoms with Crippen molar-refractivity contribution in [1.29, 1.82) is 0 Å². The molecule has 0 fully saturated rings. The number of hydrogen-bond donors (Lipinski definition) is 1. The number of phenolic OH excluding ortho intramolecular Hbond substituents is 1. The van der Waals surface area contributed by atoms with Crippen LogP contribution < -0.4 is 0 Å². The third-order valence-electron chi connectivity index (χ3n) is 3.55. The first kappa shape index (κ1) is 14.1. The Kier molecular flexibility index (Phi) is 4.41. The van der Waals surface area contributed by atoms with Crippen LogP contribution in [0.4, 0.5) is 0 Å². The minimum atomic E-state index is -0.0215. The molecule has 0 saturated carbocycles. The van der Waals surface area contributed by atoms with E-state index >= 15 is 0 Å². The molecule has 1 atom stereocenters. The zero-order chi connectivity index (χ0) is 14.5. The number of nitrogens with zero attached hydrogens (tertiary/aromatic N) is 1. The molecule has 0 aromatic heterocycles. The van der Waals surface area contributed by atoms with Crippen molar-refractivity contribution in [3.63, 3.8) is 0 Å². The fraction of sp³-hybridized carbons (Fsp3) is 0.235. The highest BCUT2D eigenvalue weighted by molar-refractivity contribution is 5.79. The zero-order valence-corrected chi connectivity index (χ0v) is 11.8. The number of amides is 1. The third-order valence-corrected chi connectivity index (χ3v) is 3.55. The summed E-state index contributed by atoms with van der Waals surface area (Å²) < 4.78 is 0. The first-order valence-electron chi connectivity index (χ1n) is 6.66.